The number of likely N-dealkylation sites (N-methyl/N-ethyl adjacent to an activating group) is 1. The van der Waals surface area contributed by atoms with Crippen molar-refractivity contribution in [1.29, 1.82) is 0 Å². The summed E-state index contributed by atoms with van der Waals surface area (Å²) in [5, 5.41) is 14.3. The zero-order chi connectivity index (χ0) is 32.2. The van der Waals surface area contributed by atoms with Gasteiger partial charge >= 0.3 is 0 Å². The molecule has 2 aromatic carbocycles. The highest BCUT2D eigenvalue weighted by Gasteiger charge is 2.39. The predicted molar refractivity (Wildman–Crippen MR) is 180 cm³/mol. The van der Waals surface area contributed by atoms with E-state index in [-0.39, 0.29) is 23.0 Å². The number of hydrogen-bond acceptors (Lipinski definition) is 7. The SMILES string of the molecule is CN1CCN(c2ccc(Nc3cc(-c4cccc(-n5ccc6cc(C7(C)CC7)cc(F)c6c5=O)c4CO)cn(C)c3=O)nc2)CC1. The van der Waals surface area contributed by atoms with Gasteiger partial charge in [0.05, 0.1) is 29.6 Å². The van der Waals surface area contributed by atoms with Crippen LogP contribution in [-0.2, 0) is 19.1 Å². The lowest BCUT2D eigenvalue weighted by molar-refractivity contribution is 0.282. The van der Waals surface area contributed by atoms with E-state index in [9.17, 15) is 14.7 Å². The fourth-order valence-electron chi connectivity index (χ4n) is 6.38. The minimum absolute atomic E-state index is 0.0181. The number of benzene rings is 2. The Bertz CT molecular complexity index is 2080. The normalized spacial score (nSPS) is 16.2. The van der Waals surface area contributed by atoms with Crippen LogP contribution in [0.25, 0.3) is 27.6 Å². The first-order valence-corrected chi connectivity index (χ1v) is 15.6. The molecule has 5 aromatic rings. The number of rotatable bonds is 7. The molecule has 0 spiro atoms. The number of hydrogen-bond donors (Lipinski definition) is 2. The molecule has 3 aromatic heterocycles. The minimum atomic E-state index is -0.541. The maximum Gasteiger partial charge on any atom is 0.274 e. The molecule has 0 bridgehead atoms. The van der Waals surface area contributed by atoms with Crippen LogP contribution in [0.2, 0.25) is 0 Å². The van der Waals surface area contributed by atoms with E-state index in [1.54, 1.807) is 43.7 Å². The second-order valence-electron chi connectivity index (χ2n) is 12.8. The maximum absolute atomic E-state index is 15.4. The fraction of sp³-hybridized carbons (Fsp3) is 0.306. The Hall–Kier alpha value is -4.80. The third-order valence-corrected chi connectivity index (χ3v) is 9.60. The van der Waals surface area contributed by atoms with Crippen molar-refractivity contribution in [3.8, 4) is 16.8 Å². The summed E-state index contributed by atoms with van der Waals surface area (Å²) in [7, 11) is 3.78. The highest BCUT2D eigenvalue weighted by molar-refractivity contribution is 5.84. The zero-order valence-electron chi connectivity index (χ0n) is 26.3. The summed E-state index contributed by atoms with van der Waals surface area (Å²) in [6, 6.07) is 16.1. The average molecular weight is 621 g/mol. The summed E-state index contributed by atoms with van der Waals surface area (Å²) in [6.07, 6.45) is 7.14. The summed E-state index contributed by atoms with van der Waals surface area (Å²) in [6.45, 7) is 5.58. The van der Waals surface area contributed by atoms with Crippen LogP contribution in [0.3, 0.4) is 0 Å². The van der Waals surface area contributed by atoms with E-state index in [2.05, 4.69) is 34.1 Å². The highest BCUT2D eigenvalue weighted by Crippen LogP contribution is 2.48. The number of anilines is 3. The molecule has 2 aliphatic rings. The summed E-state index contributed by atoms with van der Waals surface area (Å²) >= 11 is 0. The van der Waals surface area contributed by atoms with Crippen molar-refractivity contribution in [3.05, 3.63) is 111 Å². The molecule has 1 aliphatic heterocycles. The lowest BCUT2D eigenvalue weighted by Crippen LogP contribution is -2.44. The van der Waals surface area contributed by atoms with Gasteiger partial charge in [0, 0.05) is 56.7 Å². The van der Waals surface area contributed by atoms with Gasteiger partial charge in [0.15, 0.2) is 0 Å². The topological polar surface area (TPSA) is 95.6 Å². The molecule has 46 heavy (non-hydrogen) atoms. The van der Waals surface area contributed by atoms with Crippen LogP contribution in [0.5, 0.6) is 0 Å². The highest BCUT2D eigenvalue weighted by atomic mass is 19.1. The summed E-state index contributed by atoms with van der Waals surface area (Å²) in [4.78, 5) is 36.0. The van der Waals surface area contributed by atoms with Gasteiger partial charge < -0.3 is 24.8 Å². The van der Waals surface area contributed by atoms with Gasteiger partial charge in [-0.2, -0.15) is 0 Å². The number of pyridine rings is 3. The summed E-state index contributed by atoms with van der Waals surface area (Å²) in [5.74, 6) is -0.00697. The van der Waals surface area contributed by atoms with Gasteiger partial charge in [0.1, 0.15) is 17.3 Å². The molecule has 10 heteroatoms. The minimum Gasteiger partial charge on any atom is -0.392 e. The van der Waals surface area contributed by atoms with E-state index in [1.807, 2.05) is 30.5 Å². The van der Waals surface area contributed by atoms with E-state index in [0.717, 1.165) is 50.3 Å². The van der Waals surface area contributed by atoms with Crippen LogP contribution in [-0.4, -0.2) is 57.4 Å². The molecule has 1 aliphatic carbocycles. The van der Waals surface area contributed by atoms with E-state index >= 15 is 4.39 Å². The number of fused-ring (bicyclic) bond motifs is 1. The predicted octanol–water partition coefficient (Wildman–Crippen LogP) is 4.93. The van der Waals surface area contributed by atoms with Crippen molar-refractivity contribution in [2.75, 3.05) is 43.4 Å². The molecule has 236 valence electrons. The van der Waals surface area contributed by atoms with Gasteiger partial charge in [0.2, 0.25) is 0 Å². The van der Waals surface area contributed by atoms with Gasteiger partial charge in [-0.1, -0.05) is 25.1 Å². The van der Waals surface area contributed by atoms with Crippen molar-refractivity contribution in [2.45, 2.75) is 31.8 Å². The molecule has 0 unspecified atom stereocenters. The number of aliphatic hydroxyl groups excluding tert-OH is 1. The Kier molecular flexibility index (Phi) is 7.49. The van der Waals surface area contributed by atoms with Crippen LogP contribution in [0.4, 0.5) is 21.6 Å². The molecule has 0 atom stereocenters. The van der Waals surface area contributed by atoms with E-state index in [4.69, 9.17) is 0 Å². The number of piperazine rings is 1. The van der Waals surface area contributed by atoms with Gasteiger partial charge in [0.25, 0.3) is 11.1 Å². The second kappa shape index (κ2) is 11.5. The molecule has 1 saturated heterocycles. The Balaban J connectivity index is 1.23. The number of aliphatic hydroxyl groups is 1. The van der Waals surface area contributed by atoms with Crippen molar-refractivity contribution in [3.63, 3.8) is 0 Å². The molecule has 4 heterocycles. The molecule has 7 rings (SSSR count). The van der Waals surface area contributed by atoms with Crippen LogP contribution >= 0.6 is 0 Å². The number of aromatic nitrogens is 3. The van der Waals surface area contributed by atoms with E-state index in [1.165, 1.54) is 15.2 Å². The summed E-state index contributed by atoms with van der Waals surface area (Å²) < 4.78 is 18.3. The van der Waals surface area contributed by atoms with E-state index in [0.29, 0.717) is 39.3 Å². The average Bonchev–Trinajstić information content (AvgIpc) is 3.81. The van der Waals surface area contributed by atoms with Crippen molar-refractivity contribution < 1.29 is 9.50 Å². The standard InChI is InChI=1S/C36H37FN6O3/c1-36(10-11-36)25-17-23-9-12-43(35(46)33(23)29(37)19-25)31-6-4-5-27(28(31)22-44)24-18-30(34(45)41(3)21-24)39-32-8-7-26(20-38-32)42-15-13-40(2)14-16-42/h4-9,12,17-21,44H,10-11,13-16,22H2,1-3H3,(H,38,39). The molecule has 9 nitrogen and oxygen atoms in total. The molecule has 0 radical (unpaired) electrons. The Morgan fingerprint density at radius 3 is 2.46 bits per heavy atom. The summed E-state index contributed by atoms with van der Waals surface area (Å²) in [5.41, 5.74) is 3.71. The molecular formula is C36H37FN6O3. The molecule has 2 N–H and O–H groups in total. The smallest absolute Gasteiger partial charge is 0.274 e. The van der Waals surface area contributed by atoms with Crippen molar-refractivity contribution in [2.24, 2.45) is 7.05 Å². The third-order valence-electron chi connectivity index (χ3n) is 9.60. The first kappa shape index (κ1) is 29.9. The monoisotopic (exact) mass is 620 g/mol. The van der Waals surface area contributed by atoms with Crippen molar-refractivity contribution in [1.82, 2.24) is 19.0 Å². The number of aryl methyl sites for hydroxylation is 1. The number of nitrogens with zero attached hydrogens (tertiary/aromatic N) is 5. The second-order valence-corrected chi connectivity index (χ2v) is 12.8. The largest absolute Gasteiger partial charge is 0.392 e. The number of nitrogens with one attached hydrogen (secondary N) is 1. The van der Waals surface area contributed by atoms with Crippen LogP contribution < -0.4 is 21.3 Å². The lowest BCUT2D eigenvalue weighted by Gasteiger charge is -2.33. The maximum atomic E-state index is 15.4. The van der Waals surface area contributed by atoms with Gasteiger partial charge in [-0.3, -0.25) is 14.2 Å². The molecule has 2 fully saturated rings. The Morgan fingerprint density at radius 2 is 1.76 bits per heavy atom. The zero-order valence-corrected chi connectivity index (χ0v) is 26.3. The third kappa shape index (κ3) is 5.37. The van der Waals surface area contributed by atoms with Crippen molar-refractivity contribution >= 4 is 28.0 Å². The van der Waals surface area contributed by atoms with Crippen LogP contribution in [0, 0.1) is 5.82 Å². The lowest BCUT2D eigenvalue weighted by atomic mass is 9.95. The first-order valence-electron chi connectivity index (χ1n) is 15.6. The van der Waals surface area contributed by atoms with Gasteiger partial charge in [-0.25, -0.2) is 9.37 Å². The van der Waals surface area contributed by atoms with Crippen LogP contribution in [0.15, 0.2) is 82.8 Å². The van der Waals surface area contributed by atoms with E-state index < -0.39 is 11.4 Å². The quantitative estimate of drug-likeness (QED) is 0.267. The Labute approximate surface area is 266 Å². The number of halogens is 1. The molecule has 0 amide bonds. The molecule has 1 saturated carbocycles. The van der Waals surface area contributed by atoms with Gasteiger partial charge in [-0.05, 0) is 78.2 Å². The van der Waals surface area contributed by atoms with Crippen LogP contribution in [0.1, 0.15) is 30.9 Å². The molecular weight excluding hydrogens is 583 g/mol. The fourth-order valence-corrected chi connectivity index (χ4v) is 6.38. The first-order chi connectivity index (χ1) is 22.1. The Morgan fingerprint density at radius 1 is 0.978 bits per heavy atom. The van der Waals surface area contributed by atoms with Gasteiger partial charge in [-0.15, -0.1) is 0 Å².